The van der Waals surface area contributed by atoms with Crippen molar-refractivity contribution in [2.45, 2.75) is 0 Å². The molecule has 4 nitrogen and oxygen atoms in total. The van der Waals surface area contributed by atoms with Gasteiger partial charge in [0, 0.05) is 5.56 Å². The summed E-state index contributed by atoms with van der Waals surface area (Å²) in [5.41, 5.74) is 0.759. The highest BCUT2D eigenvalue weighted by Crippen LogP contribution is 2.32. The fourth-order valence-electron chi connectivity index (χ4n) is 1.08. The van der Waals surface area contributed by atoms with Crippen LogP contribution in [0.2, 0.25) is 0 Å². The molecular formula is C9H10INO3. The monoisotopic (exact) mass is 307 g/mol. The number of benzene rings is 1. The highest BCUT2D eigenvalue weighted by atomic mass is 127. The second-order valence-electron chi connectivity index (χ2n) is 2.48. The van der Waals surface area contributed by atoms with Crippen LogP contribution in [0.4, 0.5) is 0 Å². The van der Waals surface area contributed by atoms with Crippen LogP contribution in [0, 0.1) is 3.57 Å². The third-order valence-electron chi connectivity index (χ3n) is 1.66. The summed E-state index contributed by atoms with van der Waals surface area (Å²) in [6, 6.07) is 3.57. The Morgan fingerprint density at radius 1 is 1.36 bits per heavy atom. The Bertz CT molecular complexity index is 352. The third-order valence-corrected chi connectivity index (χ3v) is 2.46. The van der Waals surface area contributed by atoms with Crippen LogP contribution >= 0.6 is 22.6 Å². The van der Waals surface area contributed by atoms with E-state index in [4.69, 9.17) is 14.7 Å². The van der Waals surface area contributed by atoms with Gasteiger partial charge in [-0.15, -0.1) is 0 Å². The molecule has 76 valence electrons. The van der Waals surface area contributed by atoms with Crippen molar-refractivity contribution in [1.82, 2.24) is 0 Å². The SMILES string of the molecule is COc1cc(/C=N\O)cc(I)c1OC. The number of nitrogens with zero attached hydrogens (tertiary/aromatic N) is 1. The first-order chi connectivity index (χ1) is 6.72. The summed E-state index contributed by atoms with van der Waals surface area (Å²) in [6.45, 7) is 0. The van der Waals surface area contributed by atoms with Crippen LogP contribution in [0.3, 0.4) is 0 Å². The smallest absolute Gasteiger partial charge is 0.174 e. The van der Waals surface area contributed by atoms with E-state index < -0.39 is 0 Å². The Labute approximate surface area is 95.7 Å². The second-order valence-corrected chi connectivity index (χ2v) is 3.64. The van der Waals surface area contributed by atoms with Gasteiger partial charge >= 0.3 is 0 Å². The third kappa shape index (κ3) is 2.28. The zero-order valence-corrected chi connectivity index (χ0v) is 9.98. The average Bonchev–Trinajstić information content (AvgIpc) is 2.17. The number of rotatable bonds is 3. The van der Waals surface area contributed by atoms with Crippen LogP contribution in [0.25, 0.3) is 0 Å². The van der Waals surface area contributed by atoms with Crippen molar-refractivity contribution < 1.29 is 14.7 Å². The molecule has 0 aliphatic heterocycles. The molecule has 14 heavy (non-hydrogen) atoms. The maximum absolute atomic E-state index is 8.40. The maximum Gasteiger partial charge on any atom is 0.174 e. The molecule has 0 aromatic heterocycles. The minimum absolute atomic E-state index is 0.620. The van der Waals surface area contributed by atoms with Gasteiger partial charge in [0.15, 0.2) is 11.5 Å². The summed E-state index contributed by atoms with van der Waals surface area (Å²) in [6.07, 6.45) is 1.34. The summed E-state index contributed by atoms with van der Waals surface area (Å²) in [5.74, 6) is 1.30. The van der Waals surface area contributed by atoms with Crippen molar-refractivity contribution in [2.24, 2.45) is 5.16 Å². The van der Waals surface area contributed by atoms with Crippen molar-refractivity contribution >= 4 is 28.8 Å². The van der Waals surface area contributed by atoms with Crippen LogP contribution in [-0.2, 0) is 0 Å². The summed E-state index contributed by atoms with van der Waals surface area (Å²) in [4.78, 5) is 0. The van der Waals surface area contributed by atoms with E-state index in [0.717, 1.165) is 9.13 Å². The molecule has 0 saturated carbocycles. The molecule has 5 heteroatoms. The fraction of sp³-hybridized carbons (Fsp3) is 0.222. The van der Waals surface area contributed by atoms with E-state index in [2.05, 4.69) is 27.7 Å². The van der Waals surface area contributed by atoms with Gasteiger partial charge in [-0.25, -0.2) is 0 Å². The predicted molar refractivity (Wildman–Crippen MR) is 61.6 cm³/mol. The van der Waals surface area contributed by atoms with Crippen molar-refractivity contribution in [3.05, 3.63) is 21.3 Å². The highest BCUT2D eigenvalue weighted by Gasteiger charge is 2.09. The lowest BCUT2D eigenvalue weighted by atomic mass is 10.2. The molecule has 0 fully saturated rings. The lowest BCUT2D eigenvalue weighted by molar-refractivity contribution is 0.321. The standard InChI is InChI=1S/C9H10INO3/c1-13-8-4-6(5-11-12)3-7(10)9(8)14-2/h3-5,12H,1-2H3/b11-5-. The first-order valence-electron chi connectivity index (χ1n) is 3.82. The van der Waals surface area contributed by atoms with Gasteiger partial charge in [-0.1, -0.05) is 5.16 Å². The van der Waals surface area contributed by atoms with E-state index in [9.17, 15) is 0 Å². The van der Waals surface area contributed by atoms with E-state index in [-0.39, 0.29) is 0 Å². The van der Waals surface area contributed by atoms with Gasteiger partial charge < -0.3 is 14.7 Å². The van der Waals surface area contributed by atoms with Gasteiger partial charge in [0.1, 0.15) is 0 Å². The van der Waals surface area contributed by atoms with Crippen molar-refractivity contribution in [1.29, 1.82) is 0 Å². The van der Waals surface area contributed by atoms with Crippen molar-refractivity contribution in [3.8, 4) is 11.5 Å². The Kier molecular flexibility index (Phi) is 3.99. The topological polar surface area (TPSA) is 51.0 Å². The molecule has 1 aromatic rings. The average molecular weight is 307 g/mol. The van der Waals surface area contributed by atoms with Crippen LogP contribution in [0.1, 0.15) is 5.56 Å². The molecule has 0 atom stereocenters. The zero-order chi connectivity index (χ0) is 10.6. The summed E-state index contributed by atoms with van der Waals surface area (Å²) < 4.78 is 11.2. The number of oxime groups is 1. The van der Waals surface area contributed by atoms with E-state index in [0.29, 0.717) is 11.5 Å². The number of halogens is 1. The molecular weight excluding hydrogens is 297 g/mol. The van der Waals surface area contributed by atoms with E-state index in [1.165, 1.54) is 6.21 Å². The first-order valence-corrected chi connectivity index (χ1v) is 4.89. The molecule has 1 aromatic carbocycles. The Balaban J connectivity index is 3.23. The van der Waals surface area contributed by atoms with Gasteiger partial charge in [-0.05, 0) is 34.7 Å². The number of hydrogen-bond acceptors (Lipinski definition) is 4. The number of hydrogen-bond donors (Lipinski definition) is 1. The molecule has 1 N–H and O–H groups in total. The summed E-state index contributed by atoms with van der Waals surface area (Å²) in [5, 5.41) is 11.3. The highest BCUT2D eigenvalue weighted by molar-refractivity contribution is 14.1. The normalized spacial score (nSPS) is 10.5. The Morgan fingerprint density at radius 2 is 2.07 bits per heavy atom. The molecule has 0 radical (unpaired) electrons. The van der Waals surface area contributed by atoms with Gasteiger partial charge in [0.05, 0.1) is 24.0 Å². The molecule has 0 saturated heterocycles. The molecule has 0 aliphatic rings. The zero-order valence-electron chi connectivity index (χ0n) is 7.82. The Hall–Kier alpha value is -0.980. The largest absolute Gasteiger partial charge is 0.493 e. The van der Waals surface area contributed by atoms with Crippen molar-refractivity contribution in [2.75, 3.05) is 14.2 Å². The molecule has 0 bridgehead atoms. The molecule has 0 heterocycles. The van der Waals surface area contributed by atoms with Gasteiger partial charge in [-0.2, -0.15) is 0 Å². The Morgan fingerprint density at radius 3 is 2.57 bits per heavy atom. The van der Waals surface area contributed by atoms with Crippen LogP contribution in [0.5, 0.6) is 11.5 Å². The van der Waals surface area contributed by atoms with E-state index >= 15 is 0 Å². The van der Waals surface area contributed by atoms with Crippen LogP contribution < -0.4 is 9.47 Å². The minimum atomic E-state index is 0.620. The fourth-order valence-corrected chi connectivity index (χ4v) is 1.92. The maximum atomic E-state index is 8.40. The minimum Gasteiger partial charge on any atom is -0.493 e. The van der Waals surface area contributed by atoms with E-state index in [1.54, 1.807) is 20.3 Å². The quantitative estimate of drug-likeness (QED) is 0.403. The molecule has 0 unspecified atom stereocenters. The molecule has 0 aliphatic carbocycles. The molecule has 0 spiro atoms. The second kappa shape index (κ2) is 5.04. The number of methoxy groups -OCH3 is 2. The lowest BCUT2D eigenvalue weighted by Gasteiger charge is -2.09. The molecule has 0 amide bonds. The van der Waals surface area contributed by atoms with E-state index in [1.807, 2.05) is 6.07 Å². The predicted octanol–water partition coefficient (Wildman–Crippen LogP) is 2.12. The first kappa shape index (κ1) is 11.1. The lowest BCUT2D eigenvalue weighted by Crippen LogP contribution is -1.95. The van der Waals surface area contributed by atoms with Gasteiger partial charge in [0.25, 0.3) is 0 Å². The van der Waals surface area contributed by atoms with Gasteiger partial charge in [0.2, 0.25) is 0 Å². The van der Waals surface area contributed by atoms with Crippen molar-refractivity contribution in [3.63, 3.8) is 0 Å². The van der Waals surface area contributed by atoms with Crippen LogP contribution in [-0.4, -0.2) is 25.6 Å². The van der Waals surface area contributed by atoms with Gasteiger partial charge in [-0.3, -0.25) is 0 Å². The molecule has 1 rings (SSSR count). The summed E-state index contributed by atoms with van der Waals surface area (Å²) in [7, 11) is 3.15. The van der Waals surface area contributed by atoms with Crippen LogP contribution in [0.15, 0.2) is 17.3 Å². The number of ether oxygens (including phenoxy) is 2. The summed E-state index contributed by atoms with van der Waals surface area (Å²) >= 11 is 2.13.